The first-order valence-corrected chi connectivity index (χ1v) is 4.19. The summed E-state index contributed by atoms with van der Waals surface area (Å²) in [6.45, 7) is 0. The summed E-state index contributed by atoms with van der Waals surface area (Å²) in [5.74, 6) is 4.90. The summed E-state index contributed by atoms with van der Waals surface area (Å²) < 4.78 is 13.4. The lowest BCUT2D eigenvalue weighted by Gasteiger charge is -2.05. The van der Waals surface area contributed by atoms with Gasteiger partial charge in [-0.05, 0) is 6.07 Å². The fraction of sp³-hybridized carbons (Fsp3) is 0. The third kappa shape index (κ3) is 1.26. The van der Waals surface area contributed by atoms with Crippen LogP contribution in [0.25, 0.3) is 10.8 Å². The van der Waals surface area contributed by atoms with Gasteiger partial charge in [0, 0.05) is 5.39 Å². The summed E-state index contributed by atoms with van der Waals surface area (Å²) in [6.07, 6.45) is 0. The predicted octanol–water partition coefficient (Wildman–Crippen LogP) is 1.71. The van der Waals surface area contributed by atoms with Crippen LogP contribution in [0.3, 0.4) is 0 Å². The fourth-order valence-electron chi connectivity index (χ4n) is 1.24. The molecule has 0 amide bonds. The molecule has 0 saturated carbocycles. The first kappa shape index (κ1) is 9.11. The molecule has 3 N–H and O–H groups in total. The minimum atomic E-state index is -0.438. The number of hydrogen-bond donors (Lipinski definition) is 2. The molecule has 6 heteroatoms. The molecule has 4 nitrogen and oxygen atoms in total. The van der Waals surface area contributed by atoms with Gasteiger partial charge in [-0.25, -0.2) is 10.2 Å². The van der Waals surface area contributed by atoms with Gasteiger partial charge in [0.25, 0.3) is 0 Å². The molecule has 0 aliphatic rings. The number of benzene rings is 1. The number of hydrazine groups is 1. The lowest BCUT2D eigenvalue weighted by molar-refractivity contribution is 0.639. The molecule has 0 aliphatic heterocycles. The Kier molecular flexibility index (Phi) is 2.18. The van der Waals surface area contributed by atoms with Gasteiger partial charge in [0.05, 0.1) is 5.39 Å². The summed E-state index contributed by atoms with van der Waals surface area (Å²) in [7, 11) is 0. The van der Waals surface area contributed by atoms with Gasteiger partial charge >= 0.3 is 0 Å². The molecule has 0 aliphatic carbocycles. The van der Waals surface area contributed by atoms with Gasteiger partial charge in [0.15, 0.2) is 11.0 Å². The summed E-state index contributed by atoms with van der Waals surface area (Å²) >= 11 is 5.75. The van der Waals surface area contributed by atoms with E-state index in [1.54, 1.807) is 12.1 Å². The SMILES string of the molecule is NNc1nnc(Cl)c2cccc(F)c12. The highest BCUT2D eigenvalue weighted by atomic mass is 35.5. The van der Waals surface area contributed by atoms with E-state index in [0.717, 1.165) is 0 Å². The maximum absolute atomic E-state index is 13.4. The molecule has 0 atom stereocenters. The van der Waals surface area contributed by atoms with Crippen LogP contribution in [0.5, 0.6) is 0 Å². The zero-order valence-corrected chi connectivity index (χ0v) is 7.72. The Morgan fingerprint density at radius 1 is 1.36 bits per heavy atom. The minimum Gasteiger partial charge on any atom is -0.306 e. The molecule has 0 radical (unpaired) electrons. The van der Waals surface area contributed by atoms with Crippen molar-refractivity contribution in [3.05, 3.63) is 29.2 Å². The van der Waals surface area contributed by atoms with Crippen molar-refractivity contribution in [1.29, 1.82) is 0 Å². The van der Waals surface area contributed by atoms with E-state index in [2.05, 4.69) is 15.6 Å². The van der Waals surface area contributed by atoms with Crippen molar-refractivity contribution in [2.45, 2.75) is 0 Å². The van der Waals surface area contributed by atoms with Crippen molar-refractivity contribution in [2.24, 2.45) is 5.84 Å². The zero-order chi connectivity index (χ0) is 10.1. The summed E-state index contributed by atoms with van der Waals surface area (Å²) in [4.78, 5) is 0. The van der Waals surface area contributed by atoms with Gasteiger partial charge < -0.3 is 5.43 Å². The van der Waals surface area contributed by atoms with Crippen LogP contribution in [0.2, 0.25) is 5.15 Å². The van der Waals surface area contributed by atoms with Crippen LogP contribution in [0, 0.1) is 5.82 Å². The number of rotatable bonds is 1. The lowest BCUT2D eigenvalue weighted by atomic mass is 10.2. The number of nitrogens with zero attached hydrogens (tertiary/aromatic N) is 2. The molecule has 0 bridgehead atoms. The molecule has 2 rings (SSSR count). The second-order valence-electron chi connectivity index (χ2n) is 2.65. The molecule has 2 aromatic rings. The second kappa shape index (κ2) is 3.36. The average molecular weight is 213 g/mol. The van der Waals surface area contributed by atoms with Crippen molar-refractivity contribution < 1.29 is 4.39 Å². The van der Waals surface area contributed by atoms with Crippen LogP contribution in [0.4, 0.5) is 10.2 Å². The monoisotopic (exact) mass is 212 g/mol. The van der Waals surface area contributed by atoms with Crippen LogP contribution >= 0.6 is 11.6 Å². The maximum atomic E-state index is 13.4. The predicted molar refractivity (Wildman–Crippen MR) is 52.3 cm³/mol. The van der Waals surface area contributed by atoms with Crippen molar-refractivity contribution in [1.82, 2.24) is 10.2 Å². The standard InChI is InChI=1S/C8H6ClFN4/c9-7-4-2-1-3-5(10)6(4)8(12-11)14-13-7/h1-3H,11H2,(H,12,14). The molecular weight excluding hydrogens is 207 g/mol. The Balaban J connectivity index is 2.92. The summed E-state index contributed by atoms with van der Waals surface area (Å²) in [5, 5.41) is 8.13. The van der Waals surface area contributed by atoms with Gasteiger partial charge in [-0.2, -0.15) is 0 Å². The average Bonchev–Trinajstić information content (AvgIpc) is 2.20. The van der Waals surface area contributed by atoms with Gasteiger partial charge in [0.2, 0.25) is 0 Å². The normalized spacial score (nSPS) is 10.5. The molecule has 1 heterocycles. The smallest absolute Gasteiger partial charge is 0.173 e. The van der Waals surface area contributed by atoms with Crippen molar-refractivity contribution >= 4 is 28.2 Å². The molecule has 72 valence electrons. The van der Waals surface area contributed by atoms with Gasteiger partial charge in [0.1, 0.15) is 5.82 Å². The Hall–Kier alpha value is -1.46. The number of anilines is 1. The summed E-state index contributed by atoms with van der Waals surface area (Å²) in [5.41, 5.74) is 2.27. The number of nitrogens with one attached hydrogen (secondary N) is 1. The number of aromatic nitrogens is 2. The van der Waals surface area contributed by atoms with Gasteiger partial charge in [-0.1, -0.05) is 23.7 Å². The van der Waals surface area contributed by atoms with Crippen LogP contribution in [-0.2, 0) is 0 Å². The number of nitrogen functional groups attached to an aromatic ring is 1. The lowest BCUT2D eigenvalue weighted by Crippen LogP contribution is -2.10. The highest BCUT2D eigenvalue weighted by Crippen LogP contribution is 2.27. The Morgan fingerprint density at radius 2 is 2.14 bits per heavy atom. The molecule has 0 spiro atoms. The van der Waals surface area contributed by atoms with E-state index in [1.165, 1.54) is 6.07 Å². The second-order valence-corrected chi connectivity index (χ2v) is 3.00. The minimum absolute atomic E-state index is 0.151. The maximum Gasteiger partial charge on any atom is 0.173 e. The van der Waals surface area contributed by atoms with Crippen LogP contribution in [0.1, 0.15) is 0 Å². The van der Waals surface area contributed by atoms with E-state index in [0.29, 0.717) is 5.39 Å². The number of halogens is 2. The zero-order valence-electron chi connectivity index (χ0n) is 6.96. The van der Waals surface area contributed by atoms with Crippen LogP contribution in [-0.4, -0.2) is 10.2 Å². The molecular formula is C8H6ClFN4. The third-order valence-corrected chi connectivity index (χ3v) is 2.13. The van der Waals surface area contributed by atoms with Gasteiger partial charge in [-0.3, -0.25) is 0 Å². The van der Waals surface area contributed by atoms with E-state index < -0.39 is 5.82 Å². The van der Waals surface area contributed by atoms with E-state index in [1.807, 2.05) is 0 Å². The molecule has 14 heavy (non-hydrogen) atoms. The number of hydrogen-bond acceptors (Lipinski definition) is 4. The topological polar surface area (TPSA) is 63.8 Å². The van der Waals surface area contributed by atoms with E-state index in [9.17, 15) is 4.39 Å². The molecule has 0 unspecified atom stereocenters. The Morgan fingerprint density at radius 3 is 2.86 bits per heavy atom. The summed E-state index contributed by atoms with van der Waals surface area (Å²) in [6, 6.07) is 4.50. The largest absolute Gasteiger partial charge is 0.306 e. The first-order chi connectivity index (χ1) is 6.74. The van der Waals surface area contributed by atoms with E-state index in [4.69, 9.17) is 17.4 Å². The van der Waals surface area contributed by atoms with Crippen LogP contribution < -0.4 is 11.3 Å². The molecule has 0 saturated heterocycles. The van der Waals surface area contributed by atoms with Crippen molar-refractivity contribution in [3.63, 3.8) is 0 Å². The number of nitrogens with two attached hydrogens (primary N) is 1. The number of fused-ring (bicyclic) bond motifs is 1. The Bertz CT molecular complexity index is 488. The Labute approximate surface area is 83.8 Å². The van der Waals surface area contributed by atoms with E-state index in [-0.39, 0.29) is 16.4 Å². The fourth-order valence-corrected chi connectivity index (χ4v) is 1.43. The highest BCUT2D eigenvalue weighted by molar-refractivity contribution is 6.34. The van der Waals surface area contributed by atoms with Crippen molar-refractivity contribution in [2.75, 3.05) is 5.43 Å². The first-order valence-electron chi connectivity index (χ1n) is 3.81. The van der Waals surface area contributed by atoms with Crippen molar-refractivity contribution in [3.8, 4) is 0 Å². The molecule has 1 aromatic heterocycles. The van der Waals surface area contributed by atoms with E-state index >= 15 is 0 Å². The quantitative estimate of drug-likeness (QED) is 0.558. The van der Waals surface area contributed by atoms with Crippen LogP contribution in [0.15, 0.2) is 18.2 Å². The highest BCUT2D eigenvalue weighted by Gasteiger charge is 2.10. The van der Waals surface area contributed by atoms with Gasteiger partial charge in [-0.15, -0.1) is 10.2 Å². The molecule has 0 fully saturated rings. The molecule has 1 aromatic carbocycles. The third-order valence-electron chi connectivity index (χ3n) is 1.85.